The summed E-state index contributed by atoms with van der Waals surface area (Å²) in [6.45, 7) is 4.99. The van der Waals surface area contributed by atoms with Gasteiger partial charge < -0.3 is 9.80 Å². The summed E-state index contributed by atoms with van der Waals surface area (Å²) >= 11 is 3.34. The van der Waals surface area contributed by atoms with Crippen LogP contribution >= 0.6 is 15.9 Å². The summed E-state index contributed by atoms with van der Waals surface area (Å²) < 4.78 is 0.866. The van der Waals surface area contributed by atoms with Gasteiger partial charge in [-0.1, -0.05) is 19.1 Å². The topological polar surface area (TPSA) is 49.3 Å². The van der Waals surface area contributed by atoms with Crippen molar-refractivity contribution in [2.24, 2.45) is 0 Å². The summed E-state index contributed by atoms with van der Waals surface area (Å²) in [6.07, 6.45) is 4.48. The minimum absolute atomic E-state index is 0.101. The molecule has 0 unspecified atom stereocenters. The van der Waals surface area contributed by atoms with Crippen molar-refractivity contribution in [3.05, 3.63) is 52.3 Å². The van der Waals surface area contributed by atoms with Crippen molar-refractivity contribution >= 4 is 27.8 Å². The molecule has 1 aromatic heterocycles. The molecule has 1 saturated heterocycles. The molecule has 0 aliphatic carbocycles. The predicted octanol–water partition coefficient (Wildman–Crippen LogP) is 2.76. The van der Waals surface area contributed by atoms with Gasteiger partial charge in [0.1, 0.15) is 0 Å². The number of aryl methyl sites for hydroxylation is 1. The van der Waals surface area contributed by atoms with Crippen LogP contribution in [0, 0.1) is 0 Å². The number of carbonyl (C=O) groups excluding carboxylic acids is 1. The Kier molecular flexibility index (Phi) is 4.91. The highest BCUT2D eigenvalue weighted by molar-refractivity contribution is 9.10. The monoisotopic (exact) mass is 374 g/mol. The van der Waals surface area contributed by atoms with E-state index in [1.807, 2.05) is 29.2 Å². The number of piperazine rings is 1. The van der Waals surface area contributed by atoms with Gasteiger partial charge >= 0.3 is 0 Å². The largest absolute Gasteiger partial charge is 0.337 e. The van der Waals surface area contributed by atoms with Gasteiger partial charge in [0.05, 0.1) is 4.47 Å². The van der Waals surface area contributed by atoms with Gasteiger partial charge in [-0.3, -0.25) is 4.79 Å². The van der Waals surface area contributed by atoms with E-state index in [1.54, 1.807) is 12.4 Å². The number of rotatable bonds is 3. The van der Waals surface area contributed by atoms with E-state index in [2.05, 4.69) is 37.7 Å². The van der Waals surface area contributed by atoms with E-state index in [-0.39, 0.29) is 5.91 Å². The smallest absolute Gasteiger partial charge is 0.253 e. The summed E-state index contributed by atoms with van der Waals surface area (Å²) in [5, 5.41) is 0. The van der Waals surface area contributed by atoms with Gasteiger partial charge in [0, 0.05) is 44.1 Å². The molecule has 23 heavy (non-hydrogen) atoms. The fourth-order valence-electron chi connectivity index (χ4n) is 2.64. The molecule has 120 valence electrons. The molecule has 1 amide bonds. The zero-order chi connectivity index (χ0) is 16.2. The molecule has 1 fully saturated rings. The standard InChI is InChI=1S/C17H19BrN4O/c1-2-13-3-5-14(6-4-13)16(23)21-7-9-22(10-8-21)17-19-11-15(18)12-20-17/h3-6,11-12H,2,7-10H2,1H3. The van der Waals surface area contributed by atoms with Crippen LogP contribution in [0.15, 0.2) is 41.1 Å². The Morgan fingerprint density at radius 2 is 1.70 bits per heavy atom. The van der Waals surface area contributed by atoms with Crippen LogP contribution in [0.3, 0.4) is 0 Å². The molecule has 0 N–H and O–H groups in total. The molecule has 5 nitrogen and oxygen atoms in total. The Bertz CT molecular complexity index is 664. The van der Waals surface area contributed by atoms with E-state index in [1.165, 1.54) is 5.56 Å². The van der Waals surface area contributed by atoms with Gasteiger partial charge in [0.2, 0.25) is 5.95 Å². The second kappa shape index (κ2) is 7.08. The van der Waals surface area contributed by atoms with Crippen LogP contribution in [0.4, 0.5) is 5.95 Å². The van der Waals surface area contributed by atoms with Crippen molar-refractivity contribution < 1.29 is 4.79 Å². The number of aromatic nitrogens is 2. The molecule has 1 aliphatic rings. The number of halogens is 1. The lowest BCUT2D eigenvalue weighted by Gasteiger charge is -2.34. The number of benzene rings is 1. The number of nitrogens with zero attached hydrogens (tertiary/aromatic N) is 4. The number of amides is 1. The van der Waals surface area contributed by atoms with Crippen LogP contribution in [0.1, 0.15) is 22.8 Å². The van der Waals surface area contributed by atoms with Gasteiger partial charge in [-0.15, -0.1) is 0 Å². The number of anilines is 1. The van der Waals surface area contributed by atoms with E-state index in [0.717, 1.165) is 29.5 Å². The summed E-state index contributed by atoms with van der Waals surface area (Å²) in [6, 6.07) is 7.90. The van der Waals surface area contributed by atoms with Crippen LogP contribution in [-0.2, 0) is 6.42 Å². The highest BCUT2D eigenvalue weighted by Crippen LogP contribution is 2.15. The van der Waals surface area contributed by atoms with Crippen LogP contribution < -0.4 is 4.90 Å². The van der Waals surface area contributed by atoms with Crippen LogP contribution in [0.2, 0.25) is 0 Å². The quantitative estimate of drug-likeness (QED) is 0.828. The van der Waals surface area contributed by atoms with Crippen molar-refractivity contribution in [2.75, 3.05) is 31.1 Å². The van der Waals surface area contributed by atoms with E-state index in [0.29, 0.717) is 19.0 Å². The molecular weight excluding hydrogens is 356 g/mol. The fourth-order valence-corrected chi connectivity index (χ4v) is 2.85. The van der Waals surface area contributed by atoms with E-state index >= 15 is 0 Å². The van der Waals surface area contributed by atoms with Crippen LogP contribution in [0.5, 0.6) is 0 Å². The molecule has 0 bridgehead atoms. The zero-order valence-electron chi connectivity index (χ0n) is 13.1. The number of carbonyl (C=O) groups is 1. The molecule has 2 heterocycles. The lowest BCUT2D eigenvalue weighted by Crippen LogP contribution is -2.49. The molecule has 0 radical (unpaired) electrons. The molecule has 0 spiro atoms. The first kappa shape index (κ1) is 15.9. The molecule has 3 rings (SSSR count). The van der Waals surface area contributed by atoms with Crippen molar-refractivity contribution in [1.82, 2.24) is 14.9 Å². The van der Waals surface area contributed by atoms with Crippen molar-refractivity contribution in [2.45, 2.75) is 13.3 Å². The number of hydrogen-bond acceptors (Lipinski definition) is 4. The Morgan fingerprint density at radius 3 is 2.26 bits per heavy atom. The normalized spacial score (nSPS) is 14.9. The van der Waals surface area contributed by atoms with Crippen molar-refractivity contribution in [3.8, 4) is 0 Å². The summed E-state index contributed by atoms with van der Waals surface area (Å²) in [4.78, 5) is 25.2. The third-order valence-corrected chi connectivity index (χ3v) is 4.48. The van der Waals surface area contributed by atoms with E-state index < -0.39 is 0 Å². The minimum atomic E-state index is 0.101. The Morgan fingerprint density at radius 1 is 1.09 bits per heavy atom. The minimum Gasteiger partial charge on any atom is -0.337 e. The predicted molar refractivity (Wildman–Crippen MR) is 93.7 cm³/mol. The van der Waals surface area contributed by atoms with Gasteiger partial charge in [-0.25, -0.2) is 9.97 Å². The van der Waals surface area contributed by atoms with Crippen LogP contribution in [-0.4, -0.2) is 47.0 Å². The molecule has 6 heteroatoms. The highest BCUT2D eigenvalue weighted by atomic mass is 79.9. The first-order valence-electron chi connectivity index (χ1n) is 7.78. The molecule has 0 saturated carbocycles. The molecule has 2 aromatic rings. The second-order valence-corrected chi connectivity index (χ2v) is 6.45. The van der Waals surface area contributed by atoms with Crippen LogP contribution in [0.25, 0.3) is 0 Å². The van der Waals surface area contributed by atoms with Gasteiger partial charge in [-0.2, -0.15) is 0 Å². The Hall–Kier alpha value is -1.95. The Labute approximate surface area is 144 Å². The zero-order valence-corrected chi connectivity index (χ0v) is 14.7. The fraction of sp³-hybridized carbons (Fsp3) is 0.353. The first-order chi connectivity index (χ1) is 11.2. The average molecular weight is 375 g/mol. The highest BCUT2D eigenvalue weighted by Gasteiger charge is 2.23. The van der Waals surface area contributed by atoms with Crippen molar-refractivity contribution in [3.63, 3.8) is 0 Å². The van der Waals surface area contributed by atoms with Gasteiger partial charge in [0.25, 0.3) is 5.91 Å². The average Bonchev–Trinajstić information content (AvgIpc) is 2.62. The van der Waals surface area contributed by atoms with Crippen molar-refractivity contribution in [1.29, 1.82) is 0 Å². The third-order valence-electron chi connectivity index (χ3n) is 4.07. The third kappa shape index (κ3) is 3.69. The summed E-state index contributed by atoms with van der Waals surface area (Å²) in [7, 11) is 0. The first-order valence-corrected chi connectivity index (χ1v) is 8.57. The summed E-state index contributed by atoms with van der Waals surface area (Å²) in [5.74, 6) is 0.816. The van der Waals surface area contributed by atoms with E-state index in [4.69, 9.17) is 0 Å². The maximum Gasteiger partial charge on any atom is 0.253 e. The lowest BCUT2D eigenvalue weighted by atomic mass is 10.1. The molecule has 1 aliphatic heterocycles. The molecule has 1 aromatic carbocycles. The number of hydrogen-bond donors (Lipinski definition) is 0. The maximum atomic E-state index is 12.6. The summed E-state index contributed by atoms with van der Waals surface area (Å²) in [5.41, 5.74) is 2.01. The van der Waals surface area contributed by atoms with Gasteiger partial charge in [-0.05, 0) is 40.0 Å². The Balaban J connectivity index is 1.61. The van der Waals surface area contributed by atoms with E-state index in [9.17, 15) is 4.79 Å². The second-order valence-electron chi connectivity index (χ2n) is 5.53. The maximum absolute atomic E-state index is 12.6. The lowest BCUT2D eigenvalue weighted by molar-refractivity contribution is 0.0746. The molecular formula is C17H19BrN4O. The molecule has 0 atom stereocenters. The van der Waals surface area contributed by atoms with Gasteiger partial charge in [0.15, 0.2) is 0 Å². The SMILES string of the molecule is CCc1ccc(C(=O)N2CCN(c3ncc(Br)cn3)CC2)cc1.